The molecule has 3 rings (SSSR count). The molecule has 2 aromatic carbocycles. The maximum absolute atomic E-state index is 12.5. The topological polar surface area (TPSA) is 63.5 Å². The molecular formula is C20H23F2N5O. The first-order chi connectivity index (χ1) is 13.6. The Labute approximate surface area is 162 Å². The molecular weight excluding hydrogens is 364 g/mol. The Kier molecular flexibility index (Phi) is 6.41. The van der Waals surface area contributed by atoms with Gasteiger partial charge in [0.2, 0.25) is 0 Å². The van der Waals surface area contributed by atoms with Crippen molar-refractivity contribution in [1.29, 1.82) is 0 Å². The fourth-order valence-electron chi connectivity index (χ4n) is 3.02. The molecule has 0 aliphatic carbocycles. The molecule has 2 N–H and O–H groups in total. The number of ether oxygens (including phenoxy) is 1. The Bertz CT molecular complexity index is 955. The lowest BCUT2D eigenvalue weighted by atomic mass is 10.2. The zero-order valence-corrected chi connectivity index (χ0v) is 15.8. The van der Waals surface area contributed by atoms with Gasteiger partial charge in [-0.2, -0.15) is 8.78 Å². The van der Waals surface area contributed by atoms with Crippen LogP contribution >= 0.6 is 0 Å². The molecule has 0 saturated carbocycles. The van der Waals surface area contributed by atoms with Crippen molar-refractivity contribution in [2.24, 2.45) is 4.99 Å². The smallest absolute Gasteiger partial charge is 0.387 e. The molecule has 0 bridgehead atoms. The molecule has 0 atom stereocenters. The average Bonchev–Trinajstić information content (AvgIpc) is 3.00. The van der Waals surface area contributed by atoms with Crippen molar-refractivity contribution in [3.63, 3.8) is 0 Å². The first-order valence-electron chi connectivity index (χ1n) is 8.97. The van der Waals surface area contributed by atoms with Gasteiger partial charge in [0.1, 0.15) is 11.6 Å². The number of aliphatic imine (C=N–C) groups is 1. The van der Waals surface area contributed by atoms with Gasteiger partial charge in [-0.25, -0.2) is 4.98 Å². The van der Waals surface area contributed by atoms with E-state index >= 15 is 0 Å². The van der Waals surface area contributed by atoms with Crippen LogP contribution in [0.4, 0.5) is 8.78 Å². The maximum atomic E-state index is 12.5. The number of rotatable bonds is 7. The highest BCUT2D eigenvalue weighted by Gasteiger charge is 2.10. The summed E-state index contributed by atoms with van der Waals surface area (Å²) >= 11 is 0. The molecule has 0 unspecified atom stereocenters. The number of guanidine groups is 1. The number of halogens is 2. The Hall–Kier alpha value is -3.16. The molecule has 0 spiro atoms. The number of nitrogens with one attached hydrogen (secondary N) is 2. The molecule has 0 radical (unpaired) electrons. The second kappa shape index (κ2) is 9.16. The number of alkyl halides is 2. The van der Waals surface area contributed by atoms with E-state index < -0.39 is 6.61 Å². The van der Waals surface area contributed by atoms with Crippen LogP contribution in [-0.4, -0.2) is 35.7 Å². The number of para-hydroxylation sites is 3. The van der Waals surface area contributed by atoms with Gasteiger partial charge in [0.15, 0.2) is 5.96 Å². The lowest BCUT2D eigenvalue weighted by Gasteiger charge is -2.15. The molecule has 148 valence electrons. The lowest BCUT2D eigenvalue weighted by molar-refractivity contribution is -0.0504. The summed E-state index contributed by atoms with van der Waals surface area (Å²) in [5.74, 6) is 1.68. The van der Waals surface area contributed by atoms with Crippen LogP contribution in [0.2, 0.25) is 0 Å². The van der Waals surface area contributed by atoms with Gasteiger partial charge in [0.05, 0.1) is 11.0 Å². The van der Waals surface area contributed by atoms with Crippen molar-refractivity contribution < 1.29 is 13.5 Å². The van der Waals surface area contributed by atoms with Gasteiger partial charge < -0.3 is 19.9 Å². The summed E-state index contributed by atoms with van der Waals surface area (Å²) in [5, 5.41) is 6.35. The van der Waals surface area contributed by atoms with Crippen LogP contribution in [0, 0.1) is 6.92 Å². The first kappa shape index (κ1) is 19.6. The van der Waals surface area contributed by atoms with E-state index in [0.29, 0.717) is 24.6 Å². The molecule has 0 saturated heterocycles. The van der Waals surface area contributed by atoms with Gasteiger partial charge in [-0.05, 0) is 25.1 Å². The SMILES string of the molecule is CN=C(NCCn1c(C)nc2ccccc21)NCc1ccccc1OC(F)F. The summed E-state index contributed by atoms with van der Waals surface area (Å²) < 4.78 is 31.7. The van der Waals surface area contributed by atoms with Crippen LogP contribution in [0.5, 0.6) is 5.75 Å². The minimum Gasteiger partial charge on any atom is -0.434 e. The largest absolute Gasteiger partial charge is 0.434 e. The van der Waals surface area contributed by atoms with Crippen molar-refractivity contribution in [1.82, 2.24) is 20.2 Å². The van der Waals surface area contributed by atoms with Crippen molar-refractivity contribution in [2.75, 3.05) is 13.6 Å². The van der Waals surface area contributed by atoms with Gasteiger partial charge in [-0.3, -0.25) is 4.99 Å². The Balaban J connectivity index is 1.56. The molecule has 8 heteroatoms. The monoisotopic (exact) mass is 387 g/mol. The number of nitrogens with zero attached hydrogens (tertiary/aromatic N) is 3. The molecule has 6 nitrogen and oxygen atoms in total. The zero-order valence-electron chi connectivity index (χ0n) is 15.8. The van der Waals surface area contributed by atoms with Crippen LogP contribution in [0.25, 0.3) is 11.0 Å². The van der Waals surface area contributed by atoms with E-state index in [-0.39, 0.29) is 5.75 Å². The molecule has 1 heterocycles. The number of hydrogen-bond donors (Lipinski definition) is 2. The normalized spacial score (nSPS) is 11.8. The van der Waals surface area contributed by atoms with Gasteiger partial charge in [0, 0.05) is 32.2 Å². The fourth-order valence-corrected chi connectivity index (χ4v) is 3.02. The highest BCUT2D eigenvalue weighted by atomic mass is 19.3. The van der Waals surface area contributed by atoms with Crippen LogP contribution in [0.15, 0.2) is 53.5 Å². The van der Waals surface area contributed by atoms with Crippen molar-refractivity contribution >= 4 is 17.0 Å². The summed E-state index contributed by atoms with van der Waals surface area (Å²) in [5.41, 5.74) is 2.68. The highest BCUT2D eigenvalue weighted by Crippen LogP contribution is 2.20. The van der Waals surface area contributed by atoms with E-state index in [4.69, 9.17) is 0 Å². The van der Waals surface area contributed by atoms with Crippen LogP contribution in [0.3, 0.4) is 0 Å². The highest BCUT2D eigenvalue weighted by molar-refractivity contribution is 5.79. The minimum absolute atomic E-state index is 0.154. The molecule has 0 fully saturated rings. The minimum atomic E-state index is -2.85. The third-order valence-electron chi connectivity index (χ3n) is 4.33. The standard InChI is InChI=1S/C20H23F2N5O/c1-14-26-16-8-4-5-9-17(16)27(14)12-11-24-20(23-2)25-13-15-7-3-6-10-18(15)28-19(21)22/h3-10,19H,11-13H2,1-2H3,(H2,23,24,25). The van der Waals surface area contributed by atoms with E-state index in [1.807, 2.05) is 31.2 Å². The van der Waals surface area contributed by atoms with E-state index in [1.54, 1.807) is 25.2 Å². The Morgan fingerprint density at radius 2 is 1.89 bits per heavy atom. The van der Waals surface area contributed by atoms with Crippen LogP contribution < -0.4 is 15.4 Å². The van der Waals surface area contributed by atoms with Crippen molar-refractivity contribution in [3.8, 4) is 5.75 Å². The second-order valence-electron chi connectivity index (χ2n) is 6.14. The maximum Gasteiger partial charge on any atom is 0.387 e. The predicted molar refractivity (Wildman–Crippen MR) is 106 cm³/mol. The molecule has 0 amide bonds. The second-order valence-corrected chi connectivity index (χ2v) is 6.14. The number of aryl methyl sites for hydroxylation is 1. The number of fused-ring (bicyclic) bond motifs is 1. The summed E-state index contributed by atoms with van der Waals surface area (Å²) in [6, 6.07) is 14.7. The lowest BCUT2D eigenvalue weighted by Crippen LogP contribution is -2.38. The quantitative estimate of drug-likeness (QED) is 0.482. The van der Waals surface area contributed by atoms with Crippen molar-refractivity contribution in [2.45, 2.75) is 26.6 Å². The molecule has 3 aromatic rings. The van der Waals surface area contributed by atoms with Crippen molar-refractivity contribution in [3.05, 3.63) is 59.9 Å². The van der Waals surface area contributed by atoms with Gasteiger partial charge >= 0.3 is 6.61 Å². The van der Waals surface area contributed by atoms with E-state index in [2.05, 4.69) is 29.9 Å². The van der Waals surface area contributed by atoms with E-state index in [0.717, 1.165) is 23.4 Å². The number of imidazole rings is 1. The Morgan fingerprint density at radius 3 is 2.68 bits per heavy atom. The van der Waals surface area contributed by atoms with Crippen LogP contribution in [0.1, 0.15) is 11.4 Å². The summed E-state index contributed by atoms with van der Waals surface area (Å²) in [4.78, 5) is 8.73. The zero-order chi connectivity index (χ0) is 19.9. The fraction of sp³-hybridized carbons (Fsp3) is 0.300. The van der Waals surface area contributed by atoms with Gasteiger partial charge in [-0.15, -0.1) is 0 Å². The summed E-state index contributed by atoms with van der Waals surface area (Å²) in [7, 11) is 1.66. The number of hydrogen-bond acceptors (Lipinski definition) is 3. The number of benzene rings is 2. The third-order valence-corrected chi connectivity index (χ3v) is 4.33. The third kappa shape index (κ3) is 4.76. The van der Waals surface area contributed by atoms with Gasteiger partial charge in [-0.1, -0.05) is 30.3 Å². The summed E-state index contributed by atoms with van der Waals surface area (Å²) in [6.07, 6.45) is 0. The number of aromatic nitrogens is 2. The van der Waals surface area contributed by atoms with E-state index in [9.17, 15) is 8.78 Å². The van der Waals surface area contributed by atoms with E-state index in [1.165, 1.54) is 6.07 Å². The van der Waals surface area contributed by atoms with Crippen LogP contribution in [-0.2, 0) is 13.1 Å². The average molecular weight is 387 g/mol. The molecule has 0 aliphatic heterocycles. The summed E-state index contributed by atoms with van der Waals surface area (Å²) in [6.45, 7) is 0.795. The molecule has 28 heavy (non-hydrogen) atoms. The predicted octanol–water partition coefficient (Wildman–Crippen LogP) is 3.31. The molecule has 1 aromatic heterocycles. The first-order valence-corrected chi connectivity index (χ1v) is 8.97. The Morgan fingerprint density at radius 1 is 1.14 bits per heavy atom. The van der Waals surface area contributed by atoms with Gasteiger partial charge in [0.25, 0.3) is 0 Å². The molecule has 0 aliphatic rings.